The van der Waals surface area contributed by atoms with Gasteiger partial charge in [0.2, 0.25) is 0 Å². The summed E-state index contributed by atoms with van der Waals surface area (Å²) in [4.78, 5) is 33.5. The van der Waals surface area contributed by atoms with Crippen LogP contribution < -0.4 is 10.6 Å². The standard InChI is InChI=1S/C26H26N4O3S/c1-33-26(32)22-16-8-3-2-4-11-20(16)34-25(22)30-18-9-5-10-19(31)23(18)21(17(13-27)24(30)28)15-7-6-12-29-14-15/h6-7,12,14,21H,2-5,8-11,28H2,1H3. The zero-order valence-corrected chi connectivity index (χ0v) is 19.9. The molecule has 7 nitrogen and oxygen atoms in total. The van der Waals surface area contributed by atoms with E-state index in [0.29, 0.717) is 41.0 Å². The highest BCUT2D eigenvalue weighted by Gasteiger charge is 2.42. The number of aromatic nitrogens is 1. The van der Waals surface area contributed by atoms with E-state index >= 15 is 0 Å². The number of hydrogen-bond acceptors (Lipinski definition) is 8. The van der Waals surface area contributed by atoms with Crippen molar-refractivity contribution < 1.29 is 14.3 Å². The second-order valence-electron chi connectivity index (χ2n) is 8.84. The second kappa shape index (κ2) is 9.07. The van der Waals surface area contributed by atoms with Gasteiger partial charge >= 0.3 is 5.97 Å². The Hall–Kier alpha value is -3.44. The van der Waals surface area contributed by atoms with Crippen LogP contribution >= 0.6 is 11.3 Å². The maximum atomic E-state index is 13.3. The number of carbonyl (C=O) groups is 2. The van der Waals surface area contributed by atoms with E-state index in [1.807, 2.05) is 11.0 Å². The van der Waals surface area contributed by atoms with Crippen LogP contribution in [0.5, 0.6) is 0 Å². The van der Waals surface area contributed by atoms with Crippen LogP contribution in [0.25, 0.3) is 0 Å². The lowest BCUT2D eigenvalue weighted by atomic mass is 9.76. The molecule has 5 rings (SSSR count). The fourth-order valence-corrected chi connectivity index (χ4v) is 6.81. The molecule has 0 fully saturated rings. The van der Waals surface area contributed by atoms with Crippen molar-refractivity contribution in [1.29, 1.82) is 5.26 Å². The van der Waals surface area contributed by atoms with Crippen LogP contribution in [-0.2, 0) is 22.4 Å². The number of nitrogens with zero attached hydrogens (tertiary/aromatic N) is 3. The number of fused-ring (bicyclic) bond motifs is 1. The topological polar surface area (TPSA) is 109 Å². The number of nitriles is 1. The first-order chi connectivity index (χ1) is 16.6. The number of methoxy groups -OCH3 is 1. The molecular formula is C26H26N4O3S. The third-order valence-corrected chi connectivity index (χ3v) is 8.20. The molecule has 0 amide bonds. The minimum atomic E-state index is -0.558. The Kier molecular flexibility index (Phi) is 5.96. The Bertz CT molecular complexity index is 1270. The molecule has 3 aliphatic rings. The summed E-state index contributed by atoms with van der Waals surface area (Å²) in [6, 6.07) is 5.95. The molecule has 2 aromatic heterocycles. The van der Waals surface area contributed by atoms with Crippen LogP contribution in [0.15, 0.2) is 47.2 Å². The van der Waals surface area contributed by atoms with E-state index in [2.05, 4.69) is 11.1 Å². The Morgan fingerprint density at radius 2 is 2.06 bits per heavy atom. The number of allylic oxidation sites excluding steroid dienone is 3. The van der Waals surface area contributed by atoms with Gasteiger partial charge in [-0.15, -0.1) is 11.3 Å². The zero-order valence-electron chi connectivity index (χ0n) is 19.1. The summed E-state index contributed by atoms with van der Waals surface area (Å²) >= 11 is 1.54. The Balaban J connectivity index is 1.77. The fourth-order valence-electron chi connectivity index (χ4n) is 5.40. The molecule has 0 saturated carbocycles. The van der Waals surface area contributed by atoms with E-state index in [0.717, 1.165) is 53.8 Å². The van der Waals surface area contributed by atoms with Crippen LogP contribution in [0, 0.1) is 11.3 Å². The summed E-state index contributed by atoms with van der Waals surface area (Å²) in [6.07, 6.45) is 10.0. The number of thiophene rings is 1. The summed E-state index contributed by atoms with van der Waals surface area (Å²) in [5.41, 5.74) is 10.7. The van der Waals surface area contributed by atoms with Crippen LogP contribution in [0.4, 0.5) is 5.00 Å². The summed E-state index contributed by atoms with van der Waals surface area (Å²) in [5, 5.41) is 10.9. The summed E-state index contributed by atoms with van der Waals surface area (Å²) < 4.78 is 5.20. The number of aryl methyl sites for hydroxylation is 1. The largest absolute Gasteiger partial charge is 0.465 e. The molecule has 0 saturated heterocycles. The molecule has 2 N–H and O–H groups in total. The lowest BCUT2D eigenvalue weighted by molar-refractivity contribution is -0.116. The Morgan fingerprint density at radius 3 is 2.79 bits per heavy atom. The third-order valence-electron chi connectivity index (χ3n) is 6.93. The number of rotatable bonds is 3. The molecule has 8 heteroatoms. The SMILES string of the molecule is COC(=O)c1c(N2C(N)=C(C#N)C(c3cccnc3)C3=C2CCCC3=O)sc2c1CCCCC2. The van der Waals surface area contributed by atoms with E-state index in [1.165, 1.54) is 18.4 Å². The number of anilines is 1. The maximum absolute atomic E-state index is 13.3. The number of hydrogen-bond donors (Lipinski definition) is 1. The Morgan fingerprint density at radius 1 is 1.24 bits per heavy atom. The molecule has 3 heterocycles. The summed E-state index contributed by atoms with van der Waals surface area (Å²) in [7, 11) is 1.39. The van der Waals surface area contributed by atoms with Gasteiger partial charge in [-0.05, 0) is 55.7 Å². The number of ketones is 1. The number of ether oxygens (including phenoxy) is 1. The van der Waals surface area contributed by atoms with Crippen molar-refractivity contribution in [3.8, 4) is 6.07 Å². The average Bonchev–Trinajstić information content (AvgIpc) is 3.04. The number of Topliss-reactive ketones (excluding diaryl/α,β-unsaturated/α-hetero) is 1. The lowest BCUT2D eigenvalue weighted by Gasteiger charge is -2.39. The number of nitrogens with two attached hydrogens (primary N) is 1. The van der Waals surface area contributed by atoms with E-state index in [9.17, 15) is 14.9 Å². The predicted molar refractivity (Wildman–Crippen MR) is 129 cm³/mol. The van der Waals surface area contributed by atoms with Gasteiger partial charge in [-0.1, -0.05) is 12.5 Å². The summed E-state index contributed by atoms with van der Waals surface area (Å²) in [5.74, 6) is -0.680. The molecule has 0 radical (unpaired) electrons. The second-order valence-corrected chi connectivity index (χ2v) is 9.92. The number of pyridine rings is 1. The Labute approximate surface area is 202 Å². The van der Waals surface area contributed by atoms with Gasteiger partial charge in [0.15, 0.2) is 5.78 Å². The maximum Gasteiger partial charge on any atom is 0.341 e. The first-order valence-corrected chi connectivity index (χ1v) is 12.5. The molecule has 0 spiro atoms. The van der Waals surface area contributed by atoms with Gasteiger partial charge in [-0.25, -0.2) is 4.79 Å². The highest BCUT2D eigenvalue weighted by atomic mass is 32.1. The smallest absolute Gasteiger partial charge is 0.341 e. The van der Waals surface area contributed by atoms with Crippen LogP contribution in [-0.4, -0.2) is 23.8 Å². The van der Waals surface area contributed by atoms with Crippen LogP contribution in [0.2, 0.25) is 0 Å². The van der Waals surface area contributed by atoms with Gasteiger partial charge in [0, 0.05) is 35.0 Å². The predicted octanol–water partition coefficient (Wildman–Crippen LogP) is 4.50. The lowest BCUT2D eigenvalue weighted by Crippen LogP contribution is -2.39. The van der Waals surface area contributed by atoms with Gasteiger partial charge in [-0.2, -0.15) is 5.26 Å². The van der Waals surface area contributed by atoms with E-state index in [1.54, 1.807) is 18.5 Å². The van der Waals surface area contributed by atoms with Crippen molar-refractivity contribution >= 4 is 28.1 Å². The van der Waals surface area contributed by atoms with Gasteiger partial charge in [0.1, 0.15) is 10.8 Å². The molecule has 1 aliphatic heterocycles. The first-order valence-electron chi connectivity index (χ1n) is 11.7. The number of carbonyl (C=O) groups excluding carboxylic acids is 2. The normalized spacial score (nSPS) is 20.4. The molecule has 0 bridgehead atoms. The van der Waals surface area contributed by atoms with Crippen molar-refractivity contribution in [3.63, 3.8) is 0 Å². The van der Waals surface area contributed by atoms with E-state index in [-0.39, 0.29) is 11.6 Å². The van der Waals surface area contributed by atoms with E-state index < -0.39 is 11.9 Å². The molecule has 34 heavy (non-hydrogen) atoms. The minimum Gasteiger partial charge on any atom is -0.465 e. The van der Waals surface area contributed by atoms with Gasteiger partial charge in [0.25, 0.3) is 0 Å². The van der Waals surface area contributed by atoms with Crippen molar-refractivity contribution in [3.05, 3.63) is 68.8 Å². The van der Waals surface area contributed by atoms with Gasteiger partial charge in [0.05, 0.1) is 30.2 Å². The molecule has 174 valence electrons. The quantitative estimate of drug-likeness (QED) is 0.515. The molecule has 1 unspecified atom stereocenters. The third kappa shape index (κ3) is 3.51. The molecule has 2 aliphatic carbocycles. The molecule has 1 atom stereocenters. The van der Waals surface area contributed by atoms with Crippen LogP contribution in [0.1, 0.15) is 70.8 Å². The zero-order chi connectivity index (χ0) is 23.8. The monoisotopic (exact) mass is 474 g/mol. The van der Waals surface area contributed by atoms with Crippen LogP contribution in [0.3, 0.4) is 0 Å². The van der Waals surface area contributed by atoms with E-state index in [4.69, 9.17) is 10.5 Å². The molecule has 2 aromatic rings. The van der Waals surface area contributed by atoms with Gasteiger partial charge < -0.3 is 10.5 Å². The highest BCUT2D eigenvalue weighted by molar-refractivity contribution is 7.16. The highest BCUT2D eigenvalue weighted by Crippen LogP contribution is 2.50. The van der Waals surface area contributed by atoms with Crippen molar-refractivity contribution in [2.75, 3.05) is 12.0 Å². The molecule has 0 aromatic carbocycles. The van der Waals surface area contributed by atoms with Crippen molar-refractivity contribution in [2.24, 2.45) is 5.73 Å². The number of esters is 1. The first kappa shape index (κ1) is 22.4. The van der Waals surface area contributed by atoms with Crippen molar-refractivity contribution in [1.82, 2.24) is 4.98 Å². The van der Waals surface area contributed by atoms with Gasteiger partial charge in [-0.3, -0.25) is 14.7 Å². The fraction of sp³-hybridized carbons (Fsp3) is 0.385. The molecular weight excluding hydrogens is 448 g/mol. The van der Waals surface area contributed by atoms with Crippen molar-refractivity contribution in [2.45, 2.75) is 57.3 Å². The minimum absolute atomic E-state index is 0.0121. The summed E-state index contributed by atoms with van der Waals surface area (Å²) in [6.45, 7) is 0. The average molecular weight is 475 g/mol.